The first-order valence-electron chi connectivity index (χ1n) is 15.2. The lowest BCUT2D eigenvalue weighted by atomic mass is 9.94. The molecule has 4 rings (SSSR count). The van der Waals surface area contributed by atoms with Gasteiger partial charge in [-0.25, -0.2) is 0 Å². The number of carbonyl (C=O) groups excluding carboxylic acids is 2. The average Bonchev–Trinajstić information content (AvgIpc) is 3.26. The van der Waals surface area contributed by atoms with E-state index in [0.717, 1.165) is 38.9 Å². The second-order valence-corrected chi connectivity index (χ2v) is 10.4. The number of hydrogen-bond donors (Lipinski definition) is 1. The van der Waals surface area contributed by atoms with Crippen LogP contribution < -0.4 is 18.9 Å². The number of hydrogen-bond acceptors (Lipinski definition) is 8. The van der Waals surface area contributed by atoms with Gasteiger partial charge in [0.15, 0.2) is 23.0 Å². The van der Waals surface area contributed by atoms with Crippen LogP contribution in [0.15, 0.2) is 42.0 Å². The Bertz CT molecular complexity index is 1270. The van der Waals surface area contributed by atoms with E-state index in [4.69, 9.17) is 18.9 Å². The van der Waals surface area contributed by atoms with E-state index >= 15 is 0 Å². The molecule has 0 aliphatic carbocycles. The Morgan fingerprint density at radius 3 is 2.40 bits per heavy atom. The smallest absolute Gasteiger partial charge is 0.295 e. The first kappa shape index (κ1) is 31.2. The second kappa shape index (κ2) is 15.0. The molecule has 1 amide bonds. The largest absolute Gasteiger partial charge is 0.507 e. The molecule has 2 heterocycles. The average molecular weight is 581 g/mol. The molecule has 228 valence electrons. The van der Waals surface area contributed by atoms with E-state index in [0.29, 0.717) is 73.5 Å². The lowest BCUT2D eigenvalue weighted by Crippen LogP contribution is -2.33. The number of likely N-dealkylation sites (tertiary alicyclic amines) is 1. The molecule has 1 saturated heterocycles. The zero-order valence-electron chi connectivity index (χ0n) is 25.3. The maximum Gasteiger partial charge on any atom is 0.295 e. The van der Waals surface area contributed by atoms with Crippen molar-refractivity contribution in [1.29, 1.82) is 0 Å². The molecule has 42 heavy (non-hydrogen) atoms. The number of amides is 1. The topological polar surface area (TPSA) is 97.8 Å². The number of aliphatic hydroxyl groups excluding tert-OH is 1. The van der Waals surface area contributed by atoms with Crippen LogP contribution in [0.25, 0.3) is 5.76 Å². The van der Waals surface area contributed by atoms with E-state index in [2.05, 4.69) is 25.7 Å². The van der Waals surface area contributed by atoms with Gasteiger partial charge in [-0.3, -0.25) is 9.59 Å². The Kier molecular flexibility index (Phi) is 11.1. The van der Waals surface area contributed by atoms with Crippen molar-refractivity contribution in [3.8, 4) is 23.0 Å². The van der Waals surface area contributed by atoms with Crippen molar-refractivity contribution in [2.75, 3.05) is 52.6 Å². The van der Waals surface area contributed by atoms with Crippen LogP contribution in [-0.2, 0) is 9.59 Å². The quantitative estimate of drug-likeness (QED) is 0.126. The van der Waals surface area contributed by atoms with E-state index in [1.54, 1.807) is 23.1 Å². The van der Waals surface area contributed by atoms with Crippen LogP contribution >= 0.6 is 0 Å². The summed E-state index contributed by atoms with van der Waals surface area (Å²) in [4.78, 5) is 30.9. The standard InChI is InChI=1S/C33H44N2O7/c1-5-9-10-18-40-25-14-12-23(21-27(25)39-8-4)30-29(31(36)24-13-15-26-28(22-24)42-20-19-41-26)32(37)33(38)35(30)17-11-16-34(6-2)7-3/h12-15,21-22,30,36H,5-11,16-20H2,1-4H3/b31-29-. The molecule has 2 aromatic rings. The van der Waals surface area contributed by atoms with Crippen molar-refractivity contribution in [2.45, 2.75) is 59.4 Å². The van der Waals surface area contributed by atoms with Gasteiger partial charge in [0.1, 0.15) is 19.0 Å². The van der Waals surface area contributed by atoms with E-state index in [9.17, 15) is 14.7 Å². The molecule has 1 atom stereocenters. The molecular formula is C33H44N2O7. The van der Waals surface area contributed by atoms with Crippen molar-refractivity contribution < 1.29 is 33.6 Å². The SMILES string of the molecule is CCCCCOc1ccc(C2/C(=C(/O)c3ccc4c(c3)OCCO4)C(=O)C(=O)N2CCCN(CC)CC)cc1OCC. The van der Waals surface area contributed by atoms with Gasteiger partial charge >= 0.3 is 0 Å². The molecule has 1 unspecified atom stereocenters. The Balaban J connectivity index is 1.74. The monoisotopic (exact) mass is 580 g/mol. The summed E-state index contributed by atoms with van der Waals surface area (Å²) in [5, 5.41) is 11.6. The van der Waals surface area contributed by atoms with Gasteiger partial charge in [-0.1, -0.05) is 39.7 Å². The molecule has 2 aliphatic rings. The molecule has 0 radical (unpaired) electrons. The summed E-state index contributed by atoms with van der Waals surface area (Å²) in [7, 11) is 0. The number of ketones is 1. The number of fused-ring (bicyclic) bond motifs is 1. The van der Waals surface area contributed by atoms with Crippen molar-refractivity contribution in [2.24, 2.45) is 0 Å². The summed E-state index contributed by atoms with van der Waals surface area (Å²) < 4.78 is 23.3. The highest BCUT2D eigenvalue weighted by atomic mass is 16.6. The zero-order valence-corrected chi connectivity index (χ0v) is 25.3. The van der Waals surface area contributed by atoms with Gasteiger partial charge in [0.25, 0.3) is 11.7 Å². The van der Waals surface area contributed by atoms with Gasteiger partial charge in [-0.15, -0.1) is 0 Å². The Hall–Kier alpha value is -3.72. The molecule has 2 aliphatic heterocycles. The lowest BCUT2D eigenvalue weighted by molar-refractivity contribution is -0.140. The third kappa shape index (κ3) is 7.01. The number of rotatable bonds is 15. The first-order valence-corrected chi connectivity index (χ1v) is 15.2. The van der Waals surface area contributed by atoms with Crippen LogP contribution in [0.2, 0.25) is 0 Å². The van der Waals surface area contributed by atoms with E-state index < -0.39 is 17.7 Å². The van der Waals surface area contributed by atoms with Crippen LogP contribution in [0.4, 0.5) is 0 Å². The third-order valence-corrected chi connectivity index (χ3v) is 7.71. The van der Waals surface area contributed by atoms with Crippen LogP contribution in [0.3, 0.4) is 0 Å². The molecule has 2 aromatic carbocycles. The number of nitrogens with zero attached hydrogens (tertiary/aromatic N) is 2. The van der Waals surface area contributed by atoms with Gasteiger partial charge < -0.3 is 33.9 Å². The van der Waals surface area contributed by atoms with Crippen molar-refractivity contribution >= 4 is 17.4 Å². The van der Waals surface area contributed by atoms with E-state index in [1.807, 2.05) is 25.1 Å². The summed E-state index contributed by atoms with van der Waals surface area (Å²) >= 11 is 0. The minimum atomic E-state index is -0.789. The lowest BCUT2D eigenvalue weighted by Gasteiger charge is -2.27. The Morgan fingerprint density at radius 1 is 0.929 bits per heavy atom. The van der Waals surface area contributed by atoms with Crippen LogP contribution in [0.1, 0.15) is 70.5 Å². The van der Waals surface area contributed by atoms with Gasteiger partial charge in [0, 0.05) is 12.1 Å². The number of ether oxygens (including phenoxy) is 4. The maximum atomic E-state index is 13.6. The highest BCUT2D eigenvalue weighted by Gasteiger charge is 2.46. The van der Waals surface area contributed by atoms with Gasteiger partial charge in [0.2, 0.25) is 0 Å². The maximum absolute atomic E-state index is 13.6. The fourth-order valence-electron chi connectivity index (χ4n) is 5.42. The van der Waals surface area contributed by atoms with Gasteiger partial charge in [0.05, 0.1) is 24.8 Å². The molecule has 1 fully saturated rings. The summed E-state index contributed by atoms with van der Waals surface area (Å²) in [6.45, 7) is 13.0. The first-order chi connectivity index (χ1) is 20.4. The molecule has 0 spiro atoms. The number of unbranched alkanes of at least 4 members (excludes halogenated alkanes) is 2. The number of aliphatic hydroxyl groups is 1. The fourth-order valence-corrected chi connectivity index (χ4v) is 5.42. The minimum absolute atomic E-state index is 0.0404. The molecule has 9 heteroatoms. The highest BCUT2D eigenvalue weighted by molar-refractivity contribution is 6.46. The van der Waals surface area contributed by atoms with Crippen LogP contribution in [-0.4, -0.2) is 79.2 Å². The normalized spacial score (nSPS) is 17.6. The molecule has 1 N–H and O–H groups in total. The van der Waals surface area contributed by atoms with Crippen molar-refractivity contribution in [3.05, 3.63) is 53.1 Å². The second-order valence-electron chi connectivity index (χ2n) is 10.4. The molecular weight excluding hydrogens is 536 g/mol. The Morgan fingerprint density at radius 2 is 1.69 bits per heavy atom. The van der Waals surface area contributed by atoms with E-state index in [1.165, 1.54) is 0 Å². The summed E-state index contributed by atoms with van der Waals surface area (Å²) in [6.07, 6.45) is 3.79. The fraction of sp³-hybridized carbons (Fsp3) is 0.515. The summed E-state index contributed by atoms with van der Waals surface area (Å²) in [6, 6.07) is 9.73. The number of Topliss-reactive ketones (excluding diaryl/α,β-unsaturated/α-hetero) is 1. The molecule has 0 aromatic heterocycles. The van der Waals surface area contributed by atoms with E-state index in [-0.39, 0.29) is 11.3 Å². The zero-order chi connectivity index (χ0) is 30.1. The minimum Gasteiger partial charge on any atom is -0.507 e. The van der Waals surface area contributed by atoms with Crippen molar-refractivity contribution in [3.63, 3.8) is 0 Å². The predicted molar refractivity (Wildman–Crippen MR) is 161 cm³/mol. The summed E-state index contributed by atoms with van der Waals surface area (Å²) in [5.41, 5.74) is 1.09. The third-order valence-electron chi connectivity index (χ3n) is 7.71. The number of benzene rings is 2. The van der Waals surface area contributed by atoms with Gasteiger partial charge in [-0.05, 0) is 75.3 Å². The van der Waals surface area contributed by atoms with Crippen LogP contribution in [0, 0.1) is 0 Å². The predicted octanol–water partition coefficient (Wildman–Crippen LogP) is 5.58. The van der Waals surface area contributed by atoms with Gasteiger partial charge in [-0.2, -0.15) is 0 Å². The summed E-state index contributed by atoms with van der Waals surface area (Å²) in [5.74, 6) is 0.617. The highest BCUT2D eigenvalue weighted by Crippen LogP contribution is 2.43. The van der Waals surface area contributed by atoms with Crippen molar-refractivity contribution in [1.82, 2.24) is 9.80 Å². The van der Waals surface area contributed by atoms with Crippen LogP contribution in [0.5, 0.6) is 23.0 Å². The number of carbonyl (C=O) groups is 2. The molecule has 9 nitrogen and oxygen atoms in total. The molecule has 0 saturated carbocycles. The molecule has 0 bridgehead atoms. The Labute approximate surface area is 249 Å².